The van der Waals surface area contributed by atoms with Gasteiger partial charge in [0.15, 0.2) is 0 Å². The van der Waals surface area contributed by atoms with Gasteiger partial charge in [0.05, 0.1) is 5.56 Å². The Morgan fingerprint density at radius 3 is 2.50 bits per heavy atom. The van der Waals surface area contributed by atoms with E-state index in [4.69, 9.17) is 4.74 Å². The summed E-state index contributed by atoms with van der Waals surface area (Å²) in [5.41, 5.74) is 3.12. The minimum atomic E-state index is -0.161. The fourth-order valence-electron chi connectivity index (χ4n) is 9.55. The van der Waals surface area contributed by atoms with E-state index in [0.717, 1.165) is 48.3 Å². The Kier molecular flexibility index (Phi) is 7.45. The third-order valence-corrected chi connectivity index (χ3v) is 11.5. The highest BCUT2D eigenvalue weighted by Crippen LogP contribution is 2.67. The standard InChI is InChI=1S/C34H50O2/c1-23(2)10-9-11-24(3)29-16-17-30-28-15-14-26-22-27(36-32(35)25-12-7-6-8-13-25)18-20-33(26,4)31(28)19-21-34(29,30)5/h6-8,12-14,23-24,27-31H,9-11,15-22H2,1-5H3/t24-,27-,28+,29-,30-,31+,33+,34-/m1/s1. The van der Waals surface area contributed by atoms with Gasteiger partial charge in [0, 0.05) is 6.42 Å². The van der Waals surface area contributed by atoms with Crippen LogP contribution in [0, 0.1) is 46.3 Å². The van der Waals surface area contributed by atoms with E-state index in [1.165, 1.54) is 57.8 Å². The molecule has 2 heteroatoms. The number of ether oxygens (including phenoxy) is 1. The van der Waals surface area contributed by atoms with Crippen LogP contribution in [0.4, 0.5) is 0 Å². The second kappa shape index (κ2) is 10.3. The molecule has 0 aromatic heterocycles. The summed E-state index contributed by atoms with van der Waals surface area (Å²) in [6.07, 6.45) is 17.0. The highest BCUT2D eigenvalue weighted by Gasteiger charge is 2.59. The highest BCUT2D eigenvalue weighted by atomic mass is 16.5. The first kappa shape index (κ1) is 26.1. The largest absolute Gasteiger partial charge is 0.458 e. The van der Waals surface area contributed by atoms with E-state index >= 15 is 0 Å². The molecule has 0 amide bonds. The summed E-state index contributed by atoms with van der Waals surface area (Å²) < 4.78 is 6.00. The molecule has 5 rings (SSSR count). The minimum Gasteiger partial charge on any atom is -0.458 e. The quantitative estimate of drug-likeness (QED) is 0.281. The van der Waals surface area contributed by atoms with E-state index in [2.05, 4.69) is 40.7 Å². The van der Waals surface area contributed by atoms with Crippen molar-refractivity contribution < 1.29 is 9.53 Å². The van der Waals surface area contributed by atoms with E-state index < -0.39 is 0 Å². The first-order valence-corrected chi connectivity index (χ1v) is 15.2. The molecule has 1 aromatic carbocycles. The summed E-state index contributed by atoms with van der Waals surface area (Å²) in [6.45, 7) is 12.6. The SMILES string of the molecule is CC(C)CCC[C@@H](C)[C@H]1CC[C@@H]2[C@@H]3CC=C4C[C@H](OC(=O)c5ccccc5)CC[C@]4(C)[C@H]3CC[C@@]21C. The van der Waals surface area contributed by atoms with Crippen LogP contribution in [0.15, 0.2) is 42.0 Å². The van der Waals surface area contributed by atoms with Crippen LogP contribution >= 0.6 is 0 Å². The van der Waals surface area contributed by atoms with E-state index in [9.17, 15) is 4.79 Å². The van der Waals surface area contributed by atoms with Gasteiger partial charge in [0.1, 0.15) is 6.10 Å². The molecule has 0 aliphatic heterocycles. The summed E-state index contributed by atoms with van der Waals surface area (Å²) in [5.74, 6) is 5.03. The maximum absolute atomic E-state index is 12.7. The number of benzene rings is 1. The lowest BCUT2D eigenvalue weighted by Gasteiger charge is -2.58. The lowest BCUT2D eigenvalue weighted by Crippen LogP contribution is -2.51. The predicted molar refractivity (Wildman–Crippen MR) is 149 cm³/mol. The zero-order chi connectivity index (χ0) is 25.5. The van der Waals surface area contributed by atoms with Crippen molar-refractivity contribution >= 4 is 5.97 Å². The van der Waals surface area contributed by atoms with Gasteiger partial charge in [-0.25, -0.2) is 4.79 Å². The van der Waals surface area contributed by atoms with Crippen LogP contribution in [0.1, 0.15) is 116 Å². The summed E-state index contributed by atoms with van der Waals surface area (Å²) in [6, 6.07) is 9.49. The number of carbonyl (C=O) groups excluding carboxylic acids is 1. The Morgan fingerprint density at radius 1 is 0.972 bits per heavy atom. The third kappa shape index (κ3) is 4.71. The molecule has 0 N–H and O–H groups in total. The van der Waals surface area contributed by atoms with Gasteiger partial charge in [-0.15, -0.1) is 0 Å². The lowest BCUT2D eigenvalue weighted by atomic mass is 9.47. The van der Waals surface area contributed by atoms with Gasteiger partial charge in [-0.05, 0) is 103 Å². The van der Waals surface area contributed by atoms with Crippen LogP contribution in [-0.4, -0.2) is 12.1 Å². The topological polar surface area (TPSA) is 26.3 Å². The Labute approximate surface area is 220 Å². The second-order valence-corrected chi connectivity index (χ2v) is 13.9. The molecule has 0 heterocycles. The second-order valence-electron chi connectivity index (χ2n) is 13.9. The lowest BCUT2D eigenvalue weighted by molar-refractivity contribution is -0.0594. The molecule has 2 nitrogen and oxygen atoms in total. The Bertz CT molecular complexity index is 947. The van der Waals surface area contributed by atoms with Crippen LogP contribution < -0.4 is 0 Å². The molecule has 0 saturated heterocycles. The van der Waals surface area contributed by atoms with Crippen LogP contribution in [0.5, 0.6) is 0 Å². The molecule has 0 radical (unpaired) electrons. The molecule has 0 unspecified atom stereocenters. The summed E-state index contributed by atoms with van der Waals surface area (Å²) in [4.78, 5) is 12.7. The monoisotopic (exact) mass is 490 g/mol. The first-order valence-electron chi connectivity index (χ1n) is 15.2. The molecule has 8 atom stereocenters. The Balaban J connectivity index is 1.25. The number of rotatable bonds is 7. The van der Waals surface area contributed by atoms with E-state index in [1.54, 1.807) is 5.57 Å². The van der Waals surface area contributed by atoms with Crippen LogP contribution in [0.2, 0.25) is 0 Å². The molecule has 3 fully saturated rings. The number of fused-ring (bicyclic) bond motifs is 5. The van der Waals surface area contributed by atoms with Gasteiger partial charge in [-0.1, -0.05) is 83.7 Å². The van der Waals surface area contributed by atoms with Gasteiger partial charge in [0.25, 0.3) is 0 Å². The molecular formula is C34H50O2. The van der Waals surface area contributed by atoms with Crippen molar-refractivity contribution in [2.75, 3.05) is 0 Å². The maximum Gasteiger partial charge on any atom is 0.338 e. The van der Waals surface area contributed by atoms with E-state index in [0.29, 0.717) is 16.4 Å². The van der Waals surface area contributed by atoms with Crippen molar-refractivity contribution in [2.24, 2.45) is 46.3 Å². The normalized spacial score (nSPS) is 38.5. The summed E-state index contributed by atoms with van der Waals surface area (Å²) in [5, 5.41) is 0. The van der Waals surface area contributed by atoms with Crippen molar-refractivity contribution in [1.82, 2.24) is 0 Å². The fraction of sp³-hybridized carbons (Fsp3) is 0.735. The molecule has 4 aliphatic rings. The molecule has 4 aliphatic carbocycles. The van der Waals surface area contributed by atoms with Crippen molar-refractivity contribution in [1.29, 1.82) is 0 Å². The number of hydrogen-bond acceptors (Lipinski definition) is 2. The molecule has 0 spiro atoms. The fourth-order valence-corrected chi connectivity index (χ4v) is 9.55. The van der Waals surface area contributed by atoms with Crippen molar-refractivity contribution in [3.8, 4) is 0 Å². The van der Waals surface area contributed by atoms with E-state index in [1.807, 2.05) is 30.3 Å². The van der Waals surface area contributed by atoms with Gasteiger partial charge in [0.2, 0.25) is 0 Å². The molecule has 198 valence electrons. The van der Waals surface area contributed by atoms with Crippen molar-refractivity contribution in [2.45, 2.75) is 111 Å². The van der Waals surface area contributed by atoms with Gasteiger partial charge in [-0.3, -0.25) is 0 Å². The summed E-state index contributed by atoms with van der Waals surface area (Å²) in [7, 11) is 0. The van der Waals surface area contributed by atoms with E-state index in [-0.39, 0.29) is 12.1 Å². The molecular weight excluding hydrogens is 440 g/mol. The molecule has 3 saturated carbocycles. The third-order valence-electron chi connectivity index (χ3n) is 11.5. The highest BCUT2D eigenvalue weighted by molar-refractivity contribution is 5.89. The smallest absolute Gasteiger partial charge is 0.338 e. The van der Waals surface area contributed by atoms with Crippen molar-refractivity contribution in [3.63, 3.8) is 0 Å². The molecule has 36 heavy (non-hydrogen) atoms. The Hall–Kier alpha value is -1.57. The molecule has 0 bridgehead atoms. The van der Waals surface area contributed by atoms with Crippen LogP contribution in [-0.2, 0) is 4.74 Å². The van der Waals surface area contributed by atoms with Gasteiger partial charge >= 0.3 is 5.97 Å². The molecule has 1 aromatic rings. The number of hydrogen-bond donors (Lipinski definition) is 0. The Morgan fingerprint density at radius 2 is 1.75 bits per heavy atom. The van der Waals surface area contributed by atoms with Crippen LogP contribution in [0.3, 0.4) is 0 Å². The predicted octanol–water partition coefficient (Wildman–Crippen LogP) is 9.25. The minimum absolute atomic E-state index is 0.0324. The number of esters is 1. The van der Waals surface area contributed by atoms with Gasteiger partial charge < -0.3 is 4.74 Å². The average Bonchev–Trinajstić information content (AvgIpc) is 3.22. The first-order chi connectivity index (χ1) is 17.2. The maximum atomic E-state index is 12.7. The number of allylic oxidation sites excluding steroid dienone is 1. The van der Waals surface area contributed by atoms with Crippen LogP contribution in [0.25, 0.3) is 0 Å². The summed E-state index contributed by atoms with van der Waals surface area (Å²) >= 11 is 0. The average molecular weight is 491 g/mol. The van der Waals surface area contributed by atoms with Crippen molar-refractivity contribution in [3.05, 3.63) is 47.5 Å². The number of carbonyl (C=O) groups is 1. The zero-order valence-corrected chi connectivity index (χ0v) is 23.6. The van der Waals surface area contributed by atoms with Gasteiger partial charge in [-0.2, -0.15) is 0 Å². The zero-order valence-electron chi connectivity index (χ0n) is 23.6.